The molecule has 0 aliphatic carbocycles. The molecule has 2 aromatic heterocycles. The molecule has 19 heavy (non-hydrogen) atoms. The van der Waals surface area contributed by atoms with Crippen molar-refractivity contribution in [3.8, 4) is 0 Å². The first-order valence-electron chi connectivity index (χ1n) is 6.11. The van der Waals surface area contributed by atoms with Crippen molar-refractivity contribution in [2.75, 3.05) is 0 Å². The number of aromatic nitrogens is 4. The highest BCUT2D eigenvalue weighted by molar-refractivity contribution is 5.95. The summed E-state index contributed by atoms with van der Waals surface area (Å²) in [6.45, 7) is 5.60. The van der Waals surface area contributed by atoms with Crippen LogP contribution in [0.2, 0.25) is 0 Å². The fourth-order valence-corrected chi connectivity index (χ4v) is 1.90. The lowest BCUT2D eigenvalue weighted by Gasteiger charge is -2.11. The summed E-state index contributed by atoms with van der Waals surface area (Å²) in [6, 6.07) is 3.63. The Hall–Kier alpha value is -2.31. The highest BCUT2D eigenvalue weighted by Crippen LogP contribution is 2.07. The minimum atomic E-state index is 0.0833. The maximum Gasteiger partial charge on any atom is 0.186 e. The Labute approximate surface area is 111 Å². The molecule has 0 aliphatic heterocycles. The van der Waals surface area contributed by atoms with Gasteiger partial charge >= 0.3 is 0 Å². The standard InChI is InChI=1S/C12H18N6O/c1-9(2)6-18-11(14-8-15-18)7-17-5-3-4-10(17)12(13)16-19/h3-5,8-9,19H,6-7H2,1-2H3,(H2,13,16). The molecule has 0 saturated carbocycles. The minimum absolute atomic E-state index is 0.0833. The Balaban J connectivity index is 2.22. The van der Waals surface area contributed by atoms with E-state index in [-0.39, 0.29) is 5.84 Å². The van der Waals surface area contributed by atoms with E-state index in [1.807, 2.05) is 21.5 Å². The van der Waals surface area contributed by atoms with Crippen molar-refractivity contribution in [3.63, 3.8) is 0 Å². The smallest absolute Gasteiger partial charge is 0.186 e. The van der Waals surface area contributed by atoms with Crippen molar-refractivity contribution >= 4 is 5.84 Å². The van der Waals surface area contributed by atoms with Crippen molar-refractivity contribution in [3.05, 3.63) is 36.2 Å². The van der Waals surface area contributed by atoms with E-state index in [2.05, 4.69) is 29.1 Å². The maximum absolute atomic E-state index is 8.75. The van der Waals surface area contributed by atoms with E-state index in [0.29, 0.717) is 18.2 Å². The van der Waals surface area contributed by atoms with Crippen LogP contribution in [0, 0.1) is 5.92 Å². The van der Waals surface area contributed by atoms with Crippen LogP contribution in [0.15, 0.2) is 29.8 Å². The van der Waals surface area contributed by atoms with Crippen LogP contribution in [0.25, 0.3) is 0 Å². The summed E-state index contributed by atoms with van der Waals surface area (Å²) < 4.78 is 3.75. The van der Waals surface area contributed by atoms with Gasteiger partial charge in [-0.3, -0.25) is 0 Å². The van der Waals surface area contributed by atoms with Crippen molar-refractivity contribution in [2.24, 2.45) is 16.8 Å². The van der Waals surface area contributed by atoms with Crippen LogP contribution < -0.4 is 5.73 Å². The van der Waals surface area contributed by atoms with Gasteiger partial charge in [0.05, 0.1) is 12.2 Å². The molecule has 2 rings (SSSR count). The van der Waals surface area contributed by atoms with Crippen LogP contribution in [-0.4, -0.2) is 30.4 Å². The number of hydrogen-bond acceptors (Lipinski definition) is 4. The molecule has 0 radical (unpaired) electrons. The van der Waals surface area contributed by atoms with Gasteiger partial charge in [-0.25, -0.2) is 9.67 Å². The van der Waals surface area contributed by atoms with Gasteiger partial charge in [0.15, 0.2) is 5.84 Å². The molecule has 0 aliphatic rings. The number of amidine groups is 1. The molecule has 3 N–H and O–H groups in total. The lowest BCUT2D eigenvalue weighted by molar-refractivity contribution is 0.318. The lowest BCUT2D eigenvalue weighted by Crippen LogP contribution is -2.20. The SMILES string of the molecule is CC(C)Cn1ncnc1Cn1cccc1/C(N)=N/O. The number of hydrogen-bond donors (Lipinski definition) is 2. The van der Waals surface area contributed by atoms with E-state index in [0.717, 1.165) is 12.4 Å². The van der Waals surface area contributed by atoms with Gasteiger partial charge in [0, 0.05) is 12.7 Å². The number of nitrogens with two attached hydrogens (primary N) is 1. The van der Waals surface area contributed by atoms with Crippen molar-refractivity contribution < 1.29 is 5.21 Å². The third kappa shape index (κ3) is 2.93. The third-order valence-electron chi connectivity index (χ3n) is 2.75. The molecule has 0 atom stereocenters. The third-order valence-corrected chi connectivity index (χ3v) is 2.75. The molecule has 0 fully saturated rings. The predicted octanol–water partition coefficient (Wildman–Crippen LogP) is 0.878. The summed E-state index contributed by atoms with van der Waals surface area (Å²) in [4.78, 5) is 4.26. The van der Waals surface area contributed by atoms with Gasteiger partial charge < -0.3 is 15.5 Å². The molecule has 0 unspecified atom stereocenters. The first kappa shape index (κ1) is 13.1. The lowest BCUT2D eigenvalue weighted by atomic mass is 10.2. The van der Waals surface area contributed by atoms with Crippen LogP contribution in [-0.2, 0) is 13.1 Å². The maximum atomic E-state index is 8.75. The van der Waals surface area contributed by atoms with Gasteiger partial charge in [-0.15, -0.1) is 0 Å². The van der Waals surface area contributed by atoms with E-state index < -0.39 is 0 Å². The molecular weight excluding hydrogens is 244 g/mol. The van der Waals surface area contributed by atoms with Crippen molar-refractivity contribution in [2.45, 2.75) is 26.9 Å². The molecule has 0 saturated heterocycles. The second-order valence-electron chi connectivity index (χ2n) is 4.76. The van der Waals surface area contributed by atoms with Gasteiger partial charge in [-0.05, 0) is 18.1 Å². The largest absolute Gasteiger partial charge is 0.409 e. The molecule has 2 aromatic rings. The Morgan fingerprint density at radius 2 is 2.32 bits per heavy atom. The van der Waals surface area contributed by atoms with Gasteiger partial charge in [-0.1, -0.05) is 19.0 Å². The summed E-state index contributed by atoms with van der Waals surface area (Å²) in [7, 11) is 0. The normalized spacial score (nSPS) is 12.3. The molecule has 102 valence electrons. The van der Waals surface area contributed by atoms with Gasteiger partial charge in [0.2, 0.25) is 0 Å². The number of rotatable bonds is 5. The van der Waals surface area contributed by atoms with Crippen LogP contribution in [0.1, 0.15) is 25.4 Å². The molecule has 0 amide bonds. The average molecular weight is 262 g/mol. The monoisotopic (exact) mass is 262 g/mol. The highest BCUT2D eigenvalue weighted by atomic mass is 16.4. The second-order valence-corrected chi connectivity index (χ2v) is 4.76. The molecule has 0 spiro atoms. The molecule has 0 bridgehead atoms. The Bertz CT molecular complexity index is 568. The first-order chi connectivity index (χ1) is 9.11. The van der Waals surface area contributed by atoms with E-state index in [9.17, 15) is 0 Å². The zero-order valence-corrected chi connectivity index (χ0v) is 11.1. The molecule has 7 heteroatoms. The molecule has 7 nitrogen and oxygen atoms in total. The predicted molar refractivity (Wildman–Crippen MR) is 70.9 cm³/mol. The fraction of sp³-hybridized carbons (Fsp3) is 0.417. The van der Waals surface area contributed by atoms with Gasteiger partial charge in [-0.2, -0.15) is 5.10 Å². The molecular formula is C12H18N6O. The Morgan fingerprint density at radius 1 is 1.53 bits per heavy atom. The second kappa shape index (κ2) is 5.55. The van der Waals surface area contributed by atoms with Gasteiger partial charge in [0.1, 0.15) is 12.2 Å². The zero-order chi connectivity index (χ0) is 13.8. The summed E-state index contributed by atoms with van der Waals surface area (Å²) in [5.74, 6) is 1.42. The zero-order valence-electron chi connectivity index (χ0n) is 11.1. The first-order valence-corrected chi connectivity index (χ1v) is 6.11. The summed E-state index contributed by atoms with van der Waals surface area (Å²) in [5, 5.41) is 16.0. The Morgan fingerprint density at radius 3 is 3.00 bits per heavy atom. The van der Waals surface area contributed by atoms with Crippen LogP contribution in [0.5, 0.6) is 0 Å². The summed E-state index contributed by atoms with van der Waals surface area (Å²) in [6.07, 6.45) is 3.41. The molecule has 2 heterocycles. The molecule has 0 aromatic carbocycles. The van der Waals surface area contributed by atoms with Crippen LogP contribution >= 0.6 is 0 Å². The van der Waals surface area contributed by atoms with E-state index in [1.165, 1.54) is 0 Å². The van der Waals surface area contributed by atoms with Crippen LogP contribution in [0.4, 0.5) is 0 Å². The Kier molecular flexibility index (Phi) is 3.84. The van der Waals surface area contributed by atoms with E-state index in [1.54, 1.807) is 12.4 Å². The summed E-state index contributed by atoms with van der Waals surface area (Å²) >= 11 is 0. The van der Waals surface area contributed by atoms with Crippen molar-refractivity contribution in [1.29, 1.82) is 0 Å². The van der Waals surface area contributed by atoms with E-state index in [4.69, 9.17) is 10.9 Å². The highest BCUT2D eigenvalue weighted by Gasteiger charge is 2.10. The number of oxime groups is 1. The fourth-order valence-electron chi connectivity index (χ4n) is 1.90. The van der Waals surface area contributed by atoms with Gasteiger partial charge in [0.25, 0.3) is 0 Å². The van der Waals surface area contributed by atoms with Crippen molar-refractivity contribution in [1.82, 2.24) is 19.3 Å². The van der Waals surface area contributed by atoms with Crippen LogP contribution in [0.3, 0.4) is 0 Å². The average Bonchev–Trinajstić information content (AvgIpc) is 2.98. The van der Waals surface area contributed by atoms with E-state index >= 15 is 0 Å². The summed E-state index contributed by atoms with van der Waals surface area (Å²) in [5.41, 5.74) is 6.28. The minimum Gasteiger partial charge on any atom is -0.409 e. The quantitative estimate of drug-likeness (QED) is 0.362. The number of nitrogens with zero attached hydrogens (tertiary/aromatic N) is 5. The topological polar surface area (TPSA) is 94.2 Å².